The van der Waals surface area contributed by atoms with E-state index in [1.165, 1.54) is 18.2 Å². The van der Waals surface area contributed by atoms with Gasteiger partial charge in [-0.2, -0.15) is 0 Å². The number of allylic oxidation sites excluding steroid dienone is 1. The molecule has 1 fully saturated rings. The summed E-state index contributed by atoms with van der Waals surface area (Å²) >= 11 is 0. The van der Waals surface area contributed by atoms with Gasteiger partial charge in [-0.1, -0.05) is 13.8 Å². The number of rotatable bonds is 1. The lowest BCUT2D eigenvalue weighted by Gasteiger charge is -2.39. The first kappa shape index (κ1) is 16.5. The Kier molecular flexibility index (Phi) is 3.66. The summed E-state index contributed by atoms with van der Waals surface area (Å²) in [5, 5.41) is 0. The SMILES string of the molecule is CC1(C)C[C@]2(C=C(N)C1=O)CCN(C(=O)c1ccc(F)c(N)c1)C2. The number of Topliss-reactive ketones (excluding diaryl/α,β-unsaturated/α-hetero) is 1. The zero-order valence-corrected chi connectivity index (χ0v) is 13.9. The highest BCUT2D eigenvalue weighted by Crippen LogP contribution is 2.47. The van der Waals surface area contributed by atoms with Crippen molar-refractivity contribution in [3.8, 4) is 0 Å². The molecule has 6 heteroatoms. The van der Waals surface area contributed by atoms with Gasteiger partial charge in [-0.05, 0) is 37.1 Å². The standard InChI is InChI=1S/C18H22FN3O2/c1-17(2)9-18(8-14(21)15(17)23)5-6-22(10-18)16(24)11-3-4-12(19)13(20)7-11/h3-4,7-8H,5-6,9-10,20-21H2,1-2H3/t18-/m1/s1. The van der Waals surface area contributed by atoms with E-state index in [4.69, 9.17) is 11.5 Å². The largest absolute Gasteiger partial charge is 0.396 e. The molecule has 4 N–H and O–H groups in total. The lowest BCUT2D eigenvalue weighted by atomic mass is 9.65. The van der Waals surface area contributed by atoms with Crippen molar-refractivity contribution < 1.29 is 14.0 Å². The fourth-order valence-corrected chi connectivity index (χ4v) is 3.99. The van der Waals surface area contributed by atoms with Gasteiger partial charge in [0.05, 0.1) is 11.4 Å². The molecule has 1 heterocycles. The second kappa shape index (κ2) is 5.33. The average Bonchev–Trinajstić information content (AvgIpc) is 2.90. The zero-order chi connectivity index (χ0) is 17.7. The molecule has 1 amide bonds. The van der Waals surface area contributed by atoms with Gasteiger partial charge in [0.1, 0.15) is 5.82 Å². The lowest BCUT2D eigenvalue weighted by Crippen LogP contribution is -2.42. The third kappa shape index (κ3) is 2.66. The Balaban J connectivity index is 1.83. The average molecular weight is 331 g/mol. The number of nitrogens with two attached hydrogens (primary N) is 2. The van der Waals surface area contributed by atoms with Gasteiger partial charge in [0.2, 0.25) is 0 Å². The van der Waals surface area contributed by atoms with Crippen molar-refractivity contribution in [1.82, 2.24) is 4.90 Å². The molecule has 5 nitrogen and oxygen atoms in total. The second-order valence-electron chi connectivity index (χ2n) is 7.56. The fourth-order valence-electron chi connectivity index (χ4n) is 3.99. The summed E-state index contributed by atoms with van der Waals surface area (Å²) < 4.78 is 13.3. The molecule has 1 aromatic rings. The van der Waals surface area contributed by atoms with Crippen LogP contribution in [0, 0.1) is 16.6 Å². The topological polar surface area (TPSA) is 89.4 Å². The predicted molar refractivity (Wildman–Crippen MR) is 89.4 cm³/mol. The summed E-state index contributed by atoms with van der Waals surface area (Å²) in [7, 11) is 0. The highest BCUT2D eigenvalue weighted by Gasteiger charge is 2.48. The molecular weight excluding hydrogens is 309 g/mol. The van der Waals surface area contributed by atoms with Gasteiger partial charge in [-0.3, -0.25) is 9.59 Å². The van der Waals surface area contributed by atoms with Gasteiger partial charge >= 0.3 is 0 Å². The molecule has 1 spiro atoms. The first-order chi connectivity index (χ1) is 11.1. The van der Waals surface area contributed by atoms with E-state index in [-0.39, 0.29) is 28.5 Å². The molecule has 0 bridgehead atoms. The molecule has 1 aliphatic carbocycles. The van der Waals surface area contributed by atoms with Crippen molar-refractivity contribution in [3.05, 3.63) is 41.4 Å². The maximum absolute atomic E-state index is 13.3. The fraction of sp³-hybridized carbons (Fsp3) is 0.444. The Morgan fingerprint density at radius 2 is 2.00 bits per heavy atom. The summed E-state index contributed by atoms with van der Waals surface area (Å²) in [5.41, 5.74) is 11.3. The smallest absolute Gasteiger partial charge is 0.253 e. The van der Waals surface area contributed by atoms with Crippen molar-refractivity contribution in [2.75, 3.05) is 18.8 Å². The molecule has 2 aliphatic rings. The number of carbonyl (C=O) groups excluding carboxylic acids is 2. The number of ketones is 1. The molecular formula is C18H22FN3O2. The summed E-state index contributed by atoms with van der Waals surface area (Å²) in [4.78, 5) is 26.6. The van der Waals surface area contributed by atoms with Crippen LogP contribution in [0.15, 0.2) is 30.0 Å². The van der Waals surface area contributed by atoms with Crippen LogP contribution in [0.2, 0.25) is 0 Å². The van der Waals surface area contributed by atoms with Crippen LogP contribution in [0.3, 0.4) is 0 Å². The summed E-state index contributed by atoms with van der Waals surface area (Å²) in [6, 6.07) is 4.01. The number of benzene rings is 1. The van der Waals surface area contributed by atoms with Crippen LogP contribution in [0.1, 0.15) is 37.0 Å². The van der Waals surface area contributed by atoms with Crippen LogP contribution >= 0.6 is 0 Å². The molecule has 1 aliphatic heterocycles. The number of halogens is 1. The van der Waals surface area contributed by atoms with E-state index in [0.717, 1.165) is 6.42 Å². The van der Waals surface area contributed by atoms with E-state index in [2.05, 4.69) is 0 Å². The minimum absolute atomic E-state index is 0.0378. The normalized spacial score (nSPS) is 25.9. The van der Waals surface area contributed by atoms with Crippen LogP contribution in [0.5, 0.6) is 0 Å². The maximum Gasteiger partial charge on any atom is 0.253 e. The number of carbonyl (C=O) groups is 2. The van der Waals surface area contributed by atoms with Crippen LogP contribution in [0.4, 0.5) is 10.1 Å². The van der Waals surface area contributed by atoms with Gasteiger partial charge < -0.3 is 16.4 Å². The minimum Gasteiger partial charge on any atom is -0.396 e. The van der Waals surface area contributed by atoms with Crippen LogP contribution in [0.25, 0.3) is 0 Å². The van der Waals surface area contributed by atoms with Crippen molar-refractivity contribution in [2.45, 2.75) is 26.7 Å². The Bertz CT molecular complexity index is 757. The molecule has 0 unspecified atom stereocenters. The third-order valence-corrected chi connectivity index (χ3v) is 5.05. The molecule has 1 atom stereocenters. The molecule has 24 heavy (non-hydrogen) atoms. The van der Waals surface area contributed by atoms with E-state index in [0.29, 0.717) is 25.1 Å². The highest BCUT2D eigenvalue weighted by molar-refractivity contribution is 6.00. The van der Waals surface area contributed by atoms with E-state index >= 15 is 0 Å². The molecule has 0 aromatic heterocycles. The molecule has 0 radical (unpaired) electrons. The number of amides is 1. The highest BCUT2D eigenvalue weighted by atomic mass is 19.1. The molecule has 1 saturated heterocycles. The van der Waals surface area contributed by atoms with Crippen LogP contribution < -0.4 is 11.5 Å². The number of anilines is 1. The number of likely N-dealkylation sites (tertiary alicyclic amines) is 1. The van der Waals surface area contributed by atoms with Gasteiger partial charge in [0, 0.05) is 29.5 Å². The zero-order valence-electron chi connectivity index (χ0n) is 13.9. The first-order valence-corrected chi connectivity index (χ1v) is 8.01. The second-order valence-corrected chi connectivity index (χ2v) is 7.56. The van der Waals surface area contributed by atoms with Crippen molar-refractivity contribution in [2.24, 2.45) is 16.6 Å². The maximum atomic E-state index is 13.3. The van der Waals surface area contributed by atoms with E-state index in [1.807, 2.05) is 19.9 Å². The van der Waals surface area contributed by atoms with Crippen molar-refractivity contribution in [1.29, 1.82) is 0 Å². The molecule has 1 aromatic carbocycles. The summed E-state index contributed by atoms with van der Waals surface area (Å²) in [5.74, 6) is -0.753. The Hall–Kier alpha value is -2.37. The van der Waals surface area contributed by atoms with Crippen LogP contribution in [-0.4, -0.2) is 29.7 Å². The third-order valence-electron chi connectivity index (χ3n) is 5.05. The Morgan fingerprint density at radius 3 is 2.62 bits per heavy atom. The van der Waals surface area contributed by atoms with E-state index in [9.17, 15) is 14.0 Å². The number of nitrogen functional groups attached to an aromatic ring is 1. The van der Waals surface area contributed by atoms with Gasteiger partial charge in [0.15, 0.2) is 5.78 Å². The quantitative estimate of drug-likeness (QED) is 0.771. The van der Waals surface area contributed by atoms with Crippen LogP contribution in [-0.2, 0) is 4.79 Å². The number of hydrogen-bond donors (Lipinski definition) is 2. The predicted octanol–water partition coefficient (Wildman–Crippen LogP) is 2.08. The lowest BCUT2D eigenvalue weighted by molar-refractivity contribution is -0.125. The Labute approximate surface area is 140 Å². The first-order valence-electron chi connectivity index (χ1n) is 8.01. The van der Waals surface area contributed by atoms with Crippen molar-refractivity contribution >= 4 is 17.4 Å². The van der Waals surface area contributed by atoms with Gasteiger partial charge in [-0.15, -0.1) is 0 Å². The van der Waals surface area contributed by atoms with Gasteiger partial charge in [0.25, 0.3) is 5.91 Å². The molecule has 3 rings (SSSR count). The Morgan fingerprint density at radius 1 is 1.29 bits per heavy atom. The molecule has 128 valence electrons. The van der Waals surface area contributed by atoms with E-state index < -0.39 is 11.2 Å². The molecule has 0 saturated carbocycles. The minimum atomic E-state index is -0.535. The monoisotopic (exact) mass is 331 g/mol. The number of hydrogen-bond acceptors (Lipinski definition) is 4. The van der Waals surface area contributed by atoms with Gasteiger partial charge in [-0.25, -0.2) is 4.39 Å². The summed E-state index contributed by atoms with van der Waals surface area (Å²) in [6.45, 7) is 4.86. The van der Waals surface area contributed by atoms with Crippen molar-refractivity contribution in [3.63, 3.8) is 0 Å². The summed E-state index contributed by atoms with van der Waals surface area (Å²) in [6.07, 6.45) is 3.24. The number of nitrogens with zero attached hydrogens (tertiary/aromatic N) is 1. The van der Waals surface area contributed by atoms with E-state index in [1.54, 1.807) is 4.90 Å².